The van der Waals surface area contributed by atoms with E-state index in [4.69, 9.17) is 9.84 Å². The van der Waals surface area contributed by atoms with Crippen LogP contribution in [0.4, 0.5) is 17.6 Å². The van der Waals surface area contributed by atoms with Gasteiger partial charge in [0.15, 0.2) is 6.61 Å². The number of alkyl halides is 3. The summed E-state index contributed by atoms with van der Waals surface area (Å²) in [6.45, 7) is 1.44. The van der Waals surface area contributed by atoms with Gasteiger partial charge in [-0.1, -0.05) is 54.6 Å². The first-order valence-corrected chi connectivity index (χ1v) is 12.9. The summed E-state index contributed by atoms with van der Waals surface area (Å²) in [6, 6.07) is 24.2. The highest BCUT2D eigenvalue weighted by atomic mass is 32.2. The van der Waals surface area contributed by atoms with E-state index in [1.54, 1.807) is 30.0 Å². The number of halogens is 4. The Morgan fingerprint density at radius 3 is 1.97 bits per heavy atom. The molecular formula is C31H24F4O3S. The Bertz CT molecular complexity index is 1460. The molecule has 0 aromatic heterocycles. The van der Waals surface area contributed by atoms with Gasteiger partial charge in [0.2, 0.25) is 0 Å². The summed E-state index contributed by atoms with van der Waals surface area (Å²) < 4.78 is 57.6. The summed E-state index contributed by atoms with van der Waals surface area (Å²) in [5.41, 5.74) is 4.17. The Morgan fingerprint density at radius 1 is 0.872 bits per heavy atom. The van der Waals surface area contributed by atoms with Crippen LogP contribution in [0.25, 0.3) is 16.7 Å². The Morgan fingerprint density at radius 2 is 1.44 bits per heavy atom. The van der Waals surface area contributed by atoms with Crippen LogP contribution in [0, 0.1) is 12.7 Å². The standard InChI is InChI=1S/C31H24F4O3S/c1-20-18-27(14-15-29(20)38-19-30(36)37)39-17-16-28(24-8-12-26(32)13-9-24)23-4-2-21(3-5-23)22-6-10-25(11-7-22)31(33,34)35/h2-16,18H,17,19H2,1H3,(H,36,37). The summed E-state index contributed by atoms with van der Waals surface area (Å²) >= 11 is 1.58. The lowest BCUT2D eigenvalue weighted by atomic mass is 9.95. The van der Waals surface area contributed by atoms with Crippen molar-refractivity contribution in [2.45, 2.75) is 18.0 Å². The van der Waals surface area contributed by atoms with E-state index in [1.165, 1.54) is 24.3 Å². The molecule has 3 nitrogen and oxygen atoms in total. The number of carboxylic acid groups (broad SMARTS) is 1. The number of aliphatic carboxylic acids is 1. The van der Waals surface area contributed by atoms with Gasteiger partial charge < -0.3 is 9.84 Å². The van der Waals surface area contributed by atoms with Crippen LogP contribution in [-0.4, -0.2) is 23.4 Å². The number of hydrogen-bond acceptors (Lipinski definition) is 3. The van der Waals surface area contributed by atoms with Gasteiger partial charge >= 0.3 is 12.1 Å². The zero-order chi connectivity index (χ0) is 28.0. The third-order valence-electron chi connectivity index (χ3n) is 5.93. The van der Waals surface area contributed by atoms with Gasteiger partial charge in [0, 0.05) is 10.6 Å². The second-order valence-electron chi connectivity index (χ2n) is 8.70. The molecule has 0 radical (unpaired) electrons. The van der Waals surface area contributed by atoms with Crippen molar-refractivity contribution in [1.82, 2.24) is 0 Å². The van der Waals surface area contributed by atoms with Gasteiger partial charge in [0.05, 0.1) is 5.56 Å². The van der Waals surface area contributed by atoms with Gasteiger partial charge in [0.25, 0.3) is 0 Å². The highest BCUT2D eigenvalue weighted by molar-refractivity contribution is 7.99. The van der Waals surface area contributed by atoms with Crippen molar-refractivity contribution in [1.29, 1.82) is 0 Å². The molecule has 4 aromatic rings. The lowest BCUT2D eigenvalue weighted by Crippen LogP contribution is -2.09. The van der Waals surface area contributed by atoms with Crippen LogP contribution in [0.3, 0.4) is 0 Å². The van der Waals surface area contributed by atoms with Crippen LogP contribution >= 0.6 is 11.8 Å². The van der Waals surface area contributed by atoms with E-state index in [-0.39, 0.29) is 5.82 Å². The number of carbonyl (C=O) groups is 1. The molecule has 0 saturated heterocycles. The van der Waals surface area contributed by atoms with Crippen LogP contribution < -0.4 is 4.74 Å². The van der Waals surface area contributed by atoms with Crippen LogP contribution in [0.5, 0.6) is 5.75 Å². The smallest absolute Gasteiger partial charge is 0.416 e. The minimum absolute atomic E-state index is 0.342. The van der Waals surface area contributed by atoms with Gasteiger partial charge in [-0.3, -0.25) is 0 Å². The van der Waals surface area contributed by atoms with Crippen LogP contribution in [0.15, 0.2) is 102 Å². The number of carboxylic acids is 1. The Balaban J connectivity index is 1.54. The molecule has 0 bridgehead atoms. The molecule has 0 aliphatic rings. The van der Waals surface area contributed by atoms with E-state index in [0.717, 1.165) is 44.9 Å². The van der Waals surface area contributed by atoms with Gasteiger partial charge in [-0.05, 0) is 82.8 Å². The first-order valence-electron chi connectivity index (χ1n) is 11.9. The second-order valence-corrected chi connectivity index (χ2v) is 9.79. The van der Waals surface area contributed by atoms with E-state index < -0.39 is 24.3 Å². The largest absolute Gasteiger partial charge is 0.482 e. The molecule has 0 aliphatic carbocycles. The molecule has 0 fully saturated rings. The predicted octanol–water partition coefficient (Wildman–Crippen LogP) is 8.51. The number of thioether (sulfide) groups is 1. The third-order valence-corrected chi connectivity index (χ3v) is 6.85. The molecule has 0 spiro atoms. The van der Waals surface area contributed by atoms with Gasteiger partial charge in [-0.25, -0.2) is 9.18 Å². The molecule has 0 amide bonds. The number of hydrogen-bond donors (Lipinski definition) is 1. The van der Waals surface area contributed by atoms with E-state index in [9.17, 15) is 22.4 Å². The van der Waals surface area contributed by atoms with E-state index in [2.05, 4.69) is 0 Å². The summed E-state index contributed by atoms with van der Waals surface area (Å²) in [5, 5.41) is 8.81. The van der Waals surface area contributed by atoms with Crippen LogP contribution in [0.2, 0.25) is 0 Å². The Labute approximate surface area is 227 Å². The fourth-order valence-corrected chi connectivity index (χ4v) is 4.83. The molecule has 0 aliphatic heterocycles. The summed E-state index contributed by atoms with van der Waals surface area (Å²) in [6.07, 6.45) is -2.35. The van der Waals surface area contributed by atoms with Crippen LogP contribution in [-0.2, 0) is 11.0 Å². The molecule has 0 heterocycles. The summed E-state index contributed by atoms with van der Waals surface area (Å²) in [7, 11) is 0. The second kappa shape index (κ2) is 12.2. The first-order chi connectivity index (χ1) is 18.6. The molecule has 8 heteroatoms. The average Bonchev–Trinajstić information content (AvgIpc) is 2.91. The van der Waals surface area contributed by atoms with Gasteiger partial charge in [-0.2, -0.15) is 13.2 Å². The van der Waals surface area contributed by atoms with Crippen molar-refractivity contribution in [2.24, 2.45) is 0 Å². The molecular weight excluding hydrogens is 528 g/mol. The monoisotopic (exact) mass is 552 g/mol. The quantitative estimate of drug-likeness (QED) is 0.167. The maximum atomic E-state index is 13.6. The summed E-state index contributed by atoms with van der Waals surface area (Å²) in [5.74, 6) is -0.274. The lowest BCUT2D eigenvalue weighted by Gasteiger charge is -2.12. The fourth-order valence-electron chi connectivity index (χ4n) is 3.96. The van der Waals surface area contributed by atoms with Gasteiger partial charge in [0.1, 0.15) is 11.6 Å². The Hall–Kier alpha value is -4.04. The maximum absolute atomic E-state index is 13.6. The molecule has 0 atom stereocenters. The molecule has 4 rings (SSSR count). The normalized spacial score (nSPS) is 11.9. The summed E-state index contributed by atoms with van der Waals surface area (Å²) in [4.78, 5) is 11.7. The molecule has 4 aromatic carbocycles. The molecule has 0 unspecified atom stereocenters. The zero-order valence-electron chi connectivity index (χ0n) is 20.8. The maximum Gasteiger partial charge on any atom is 0.416 e. The predicted molar refractivity (Wildman–Crippen MR) is 145 cm³/mol. The van der Waals surface area contributed by atoms with Crippen molar-refractivity contribution in [3.63, 3.8) is 0 Å². The first kappa shape index (κ1) is 28.0. The van der Waals surface area contributed by atoms with Crippen LogP contribution in [0.1, 0.15) is 22.3 Å². The van der Waals surface area contributed by atoms with E-state index >= 15 is 0 Å². The highest BCUT2D eigenvalue weighted by Gasteiger charge is 2.29. The minimum Gasteiger partial charge on any atom is -0.482 e. The molecule has 1 N–H and O–H groups in total. The Kier molecular flexibility index (Phi) is 8.76. The molecule has 39 heavy (non-hydrogen) atoms. The fraction of sp³-hybridized carbons (Fsp3) is 0.129. The number of rotatable bonds is 9. The average molecular weight is 553 g/mol. The molecule has 0 saturated carbocycles. The lowest BCUT2D eigenvalue weighted by molar-refractivity contribution is -0.139. The van der Waals surface area contributed by atoms with Crippen molar-refractivity contribution >= 4 is 23.3 Å². The van der Waals surface area contributed by atoms with E-state index in [1.807, 2.05) is 49.4 Å². The van der Waals surface area contributed by atoms with Crippen molar-refractivity contribution in [3.05, 3.63) is 125 Å². The number of benzene rings is 4. The van der Waals surface area contributed by atoms with Crippen molar-refractivity contribution < 1.29 is 32.2 Å². The van der Waals surface area contributed by atoms with E-state index in [0.29, 0.717) is 17.1 Å². The number of ether oxygens (including phenoxy) is 1. The van der Waals surface area contributed by atoms with Gasteiger partial charge in [-0.15, -0.1) is 11.8 Å². The SMILES string of the molecule is Cc1cc(SCC=C(c2ccc(F)cc2)c2ccc(-c3ccc(C(F)(F)F)cc3)cc2)ccc1OCC(=O)O. The highest BCUT2D eigenvalue weighted by Crippen LogP contribution is 2.33. The molecule has 200 valence electrons. The zero-order valence-corrected chi connectivity index (χ0v) is 21.7. The third kappa shape index (κ3) is 7.51. The van der Waals surface area contributed by atoms with Crippen molar-refractivity contribution in [3.8, 4) is 16.9 Å². The topological polar surface area (TPSA) is 46.5 Å². The number of aryl methyl sites for hydroxylation is 1. The van der Waals surface area contributed by atoms with Crippen molar-refractivity contribution in [2.75, 3.05) is 12.4 Å². The minimum atomic E-state index is -4.38.